The maximum atomic E-state index is 13.3. The summed E-state index contributed by atoms with van der Waals surface area (Å²) in [6.07, 6.45) is 3.49. The Balaban J connectivity index is 1.80. The lowest BCUT2D eigenvalue weighted by Crippen LogP contribution is -2.40. The van der Waals surface area contributed by atoms with Crippen LogP contribution in [0.1, 0.15) is 36.0 Å². The van der Waals surface area contributed by atoms with Crippen molar-refractivity contribution in [2.45, 2.75) is 30.9 Å². The van der Waals surface area contributed by atoms with Crippen molar-refractivity contribution >= 4 is 15.9 Å². The Morgan fingerprint density at radius 3 is 2.68 bits per heavy atom. The van der Waals surface area contributed by atoms with Crippen molar-refractivity contribution in [2.24, 2.45) is 11.8 Å². The summed E-state index contributed by atoms with van der Waals surface area (Å²) in [7, 11) is -2.41. The van der Waals surface area contributed by atoms with Crippen LogP contribution in [0.15, 0.2) is 18.2 Å². The highest BCUT2D eigenvalue weighted by atomic mass is 32.2. The number of sulfonamides is 1. The number of carbonyl (C=O) groups is 1. The predicted octanol–water partition coefficient (Wildman–Crippen LogP) is 2.08. The second kappa shape index (κ2) is 5.53. The average Bonchev–Trinajstić information content (AvgIpc) is 3.09. The Bertz CT molecular complexity index is 703. The van der Waals surface area contributed by atoms with E-state index in [1.165, 1.54) is 13.2 Å². The van der Waals surface area contributed by atoms with Gasteiger partial charge >= 0.3 is 0 Å². The molecule has 22 heavy (non-hydrogen) atoms. The smallest absolute Gasteiger partial charge is 0.268 e. The van der Waals surface area contributed by atoms with Crippen LogP contribution in [-0.2, 0) is 10.0 Å². The van der Waals surface area contributed by atoms with E-state index in [0.29, 0.717) is 12.3 Å². The summed E-state index contributed by atoms with van der Waals surface area (Å²) in [5.41, 5.74) is -0.116. The zero-order valence-electron chi connectivity index (χ0n) is 12.2. The van der Waals surface area contributed by atoms with Crippen LogP contribution in [0.5, 0.6) is 5.75 Å². The number of methoxy groups -OCH3 is 1. The lowest BCUT2D eigenvalue weighted by atomic mass is 10.0. The summed E-state index contributed by atoms with van der Waals surface area (Å²) in [6, 6.07) is 3.43. The van der Waals surface area contributed by atoms with Crippen molar-refractivity contribution in [3.8, 4) is 5.75 Å². The number of rotatable bonds is 4. The second-order valence-electron chi connectivity index (χ2n) is 6.03. The molecule has 1 N–H and O–H groups in total. The highest BCUT2D eigenvalue weighted by Crippen LogP contribution is 2.47. The zero-order chi connectivity index (χ0) is 15.9. The van der Waals surface area contributed by atoms with Gasteiger partial charge in [-0.3, -0.25) is 4.79 Å². The first-order valence-electron chi connectivity index (χ1n) is 7.30. The summed E-state index contributed by atoms with van der Waals surface area (Å²) in [5, 5.41) is -0.519. The Morgan fingerprint density at radius 2 is 2.09 bits per heavy atom. The molecule has 1 aromatic carbocycles. The molecule has 3 rings (SSSR count). The van der Waals surface area contributed by atoms with Gasteiger partial charge in [-0.1, -0.05) is 6.42 Å². The normalized spacial score (nSPS) is 26.9. The van der Waals surface area contributed by atoms with Gasteiger partial charge in [-0.25, -0.2) is 17.5 Å². The Morgan fingerprint density at radius 1 is 1.32 bits per heavy atom. The van der Waals surface area contributed by atoms with Crippen LogP contribution in [0.4, 0.5) is 4.39 Å². The van der Waals surface area contributed by atoms with Crippen LogP contribution in [0.25, 0.3) is 0 Å². The molecule has 3 atom stereocenters. The number of benzene rings is 1. The van der Waals surface area contributed by atoms with Crippen molar-refractivity contribution in [3.63, 3.8) is 0 Å². The van der Waals surface area contributed by atoms with Crippen LogP contribution >= 0.6 is 0 Å². The number of halogens is 1. The van der Waals surface area contributed by atoms with Crippen LogP contribution < -0.4 is 9.46 Å². The number of hydrogen-bond donors (Lipinski definition) is 1. The summed E-state index contributed by atoms with van der Waals surface area (Å²) >= 11 is 0. The minimum Gasteiger partial charge on any atom is -0.496 e. The first kappa shape index (κ1) is 15.3. The number of nitrogens with one attached hydrogen (secondary N) is 1. The second-order valence-corrected chi connectivity index (χ2v) is 7.93. The van der Waals surface area contributed by atoms with Gasteiger partial charge in [0.1, 0.15) is 11.6 Å². The number of amides is 1. The summed E-state index contributed by atoms with van der Waals surface area (Å²) < 4.78 is 45.2. The van der Waals surface area contributed by atoms with Gasteiger partial charge in [-0.15, -0.1) is 0 Å². The Hall–Kier alpha value is -1.63. The topological polar surface area (TPSA) is 72.5 Å². The van der Waals surface area contributed by atoms with Gasteiger partial charge in [0.2, 0.25) is 10.0 Å². The maximum absolute atomic E-state index is 13.3. The molecular formula is C15H18FNO4S. The monoisotopic (exact) mass is 327 g/mol. The van der Waals surface area contributed by atoms with Crippen molar-refractivity contribution in [3.05, 3.63) is 29.6 Å². The fraction of sp³-hybridized carbons (Fsp3) is 0.533. The summed E-state index contributed by atoms with van der Waals surface area (Å²) in [5.74, 6) is -0.750. The van der Waals surface area contributed by atoms with Crippen LogP contribution in [0.3, 0.4) is 0 Å². The van der Waals surface area contributed by atoms with E-state index >= 15 is 0 Å². The first-order valence-corrected chi connectivity index (χ1v) is 8.85. The van der Waals surface area contributed by atoms with Gasteiger partial charge in [0.15, 0.2) is 0 Å². The molecule has 1 amide bonds. The summed E-state index contributed by atoms with van der Waals surface area (Å²) in [6.45, 7) is 0. The van der Waals surface area contributed by atoms with E-state index in [-0.39, 0.29) is 17.2 Å². The molecule has 2 saturated carbocycles. The van der Waals surface area contributed by atoms with Gasteiger partial charge < -0.3 is 4.74 Å². The highest BCUT2D eigenvalue weighted by molar-refractivity contribution is 7.90. The minimum absolute atomic E-state index is 0.116. The Labute approximate surface area is 128 Å². The van der Waals surface area contributed by atoms with Gasteiger partial charge in [0.05, 0.1) is 17.9 Å². The molecule has 2 aliphatic rings. The van der Waals surface area contributed by atoms with Gasteiger partial charge in [-0.05, 0) is 49.3 Å². The van der Waals surface area contributed by atoms with E-state index in [4.69, 9.17) is 4.74 Å². The molecule has 0 radical (unpaired) electrons. The van der Waals surface area contributed by atoms with Crippen molar-refractivity contribution in [1.29, 1.82) is 0 Å². The third-order valence-corrected chi connectivity index (χ3v) is 6.56. The molecule has 5 nitrogen and oxygen atoms in total. The van der Waals surface area contributed by atoms with Gasteiger partial charge in [0.25, 0.3) is 5.91 Å². The van der Waals surface area contributed by atoms with E-state index in [2.05, 4.69) is 4.72 Å². The van der Waals surface area contributed by atoms with E-state index < -0.39 is 27.0 Å². The fourth-order valence-corrected chi connectivity index (χ4v) is 5.48. The molecule has 0 heterocycles. The van der Waals surface area contributed by atoms with E-state index in [9.17, 15) is 17.6 Å². The standard InChI is InChI=1S/C15H18FNO4S/c1-21-13-5-4-11(16)8-12(13)15(18)17-22(19,20)14-7-9-2-3-10(14)6-9/h4-5,8-10,14H,2-3,6-7H2,1H3,(H,17,18)/t9-,10+,14?/m1/s1. The average molecular weight is 327 g/mol. The van der Waals surface area contributed by atoms with Crippen LogP contribution in [-0.4, -0.2) is 26.7 Å². The van der Waals surface area contributed by atoms with E-state index in [0.717, 1.165) is 31.4 Å². The largest absolute Gasteiger partial charge is 0.496 e. The fourth-order valence-electron chi connectivity index (χ4n) is 3.68. The molecule has 2 aliphatic carbocycles. The highest BCUT2D eigenvalue weighted by Gasteiger charge is 2.46. The third kappa shape index (κ3) is 2.69. The number of fused-ring (bicyclic) bond motifs is 2. The molecule has 0 aromatic heterocycles. The molecule has 1 aromatic rings. The van der Waals surface area contributed by atoms with Crippen LogP contribution in [0.2, 0.25) is 0 Å². The number of carbonyl (C=O) groups excluding carboxylic acids is 1. The molecule has 120 valence electrons. The third-order valence-electron chi connectivity index (χ3n) is 4.71. The number of hydrogen-bond acceptors (Lipinski definition) is 4. The molecule has 2 bridgehead atoms. The predicted molar refractivity (Wildman–Crippen MR) is 78.6 cm³/mol. The number of ether oxygens (including phenoxy) is 1. The van der Waals surface area contributed by atoms with Crippen LogP contribution in [0, 0.1) is 17.7 Å². The molecule has 7 heteroatoms. The maximum Gasteiger partial charge on any atom is 0.268 e. The first-order chi connectivity index (χ1) is 10.4. The van der Waals surface area contributed by atoms with Crippen molar-refractivity contribution in [1.82, 2.24) is 4.72 Å². The lowest BCUT2D eigenvalue weighted by molar-refractivity contribution is 0.0977. The Kier molecular flexibility index (Phi) is 3.84. The van der Waals surface area contributed by atoms with E-state index in [1.807, 2.05) is 0 Å². The molecule has 0 spiro atoms. The van der Waals surface area contributed by atoms with Crippen molar-refractivity contribution in [2.75, 3.05) is 7.11 Å². The molecule has 0 saturated heterocycles. The zero-order valence-corrected chi connectivity index (χ0v) is 13.0. The van der Waals surface area contributed by atoms with Gasteiger partial charge in [0, 0.05) is 0 Å². The minimum atomic E-state index is -3.75. The molecular weight excluding hydrogens is 309 g/mol. The molecule has 0 aliphatic heterocycles. The lowest BCUT2D eigenvalue weighted by Gasteiger charge is -2.22. The molecule has 1 unspecified atom stereocenters. The van der Waals surface area contributed by atoms with Gasteiger partial charge in [-0.2, -0.15) is 0 Å². The SMILES string of the molecule is COc1ccc(F)cc1C(=O)NS(=O)(=O)C1C[C@@H]2CC[C@H]1C2. The van der Waals surface area contributed by atoms with Crippen molar-refractivity contribution < 1.29 is 22.3 Å². The van der Waals surface area contributed by atoms with E-state index in [1.54, 1.807) is 0 Å². The molecule has 2 fully saturated rings. The quantitative estimate of drug-likeness (QED) is 0.919. The summed E-state index contributed by atoms with van der Waals surface area (Å²) in [4.78, 5) is 12.2.